The quantitative estimate of drug-likeness (QED) is 0.842. The fraction of sp³-hybridized carbons (Fsp3) is 0.182. The maximum absolute atomic E-state index is 12.5. The molecule has 6 heteroatoms. The summed E-state index contributed by atoms with van der Waals surface area (Å²) in [6, 6.07) is 7.11. The van der Waals surface area contributed by atoms with E-state index < -0.39 is 11.9 Å². The molecule has 1 N–H and O–H groups in total. The topological polar surface area (TPSA) is 28.7 Å². The number of rotatable bonds is 1. The van der Waals surface area contributed by atoms with Crippen molar-refractivity contribution in [2.45, 2.75) is 13.1 Å². The molecule has 0 unspecified atom stereocenters. The van der Waals surface area contributed by atoms with Gasteiger partial charge in [-0.05, 0) is 22.9 Å². The fourth-order valence-electron chi connectivity index (χ4n) is 1.42. The van der Waals surface area contributed by atoms with Crippen LogP contribution < -0.4 is 0 Å². The highest BCUT2D eigenvalue weighted by atomic mass is 79.9. The number of hydrogen-bond acceptors (Lipinski definition) is 1. The van der Waals surface area contributed by atoms with E-state index in [0.717, 1.165) is 5.56 Å². The molecule has 0 radical (unpaired) electrons. The molecule has 0 aliphatic heterocycles. The van der Waals surface area contributed by atoms with Gasteiger partial charge in [-0.25, -0.2) is 0 Å². The third-order valence-corrected chi connectivity index (χ3v) is 3.09. The minimum atomic E-state index is -4.44. The van der Waals surface area contributed by atoms with E-state index in [-0.39, 0.29) is 10.2 Å². The molecule has 90 valence electrons. The summed E-state index contributed by atoms with van der Waals surface area (Å²) in [7, 11) is 0. The Morgan fingerprint density at radius 3 is 2.24 bits per heavy atom. The van der Waals surface area contributed by atoms with Crippen LogP contribution in [0.25, 0.3) is 11.3 Å². The van der Waals surface area contributed by atoms with Gasteiger partial charge in [0, 0.05) is 5.56 Å². The average molecular weight is 305 g/mol. The largest absolute Gasteiger partial charge is 0.433 e. The SMILES string of the molecule is Cc1ccc(-c2n[nH]c(C(F)(F)F)c2Br)cc1. The summed E-state index contributed by atoms with van der Waals surface area (Å²) in [4.78, 5) is 0. The van der Waals surface area contributed by atoms with Gasteiger partial charge in [-0.2, -0.15) is 18.3 Å². The van der Waals surface area contributed by atoms with Gasteiger partial charge in [0.1, 0.15) is 5.69 Å². The van der Waals surface area contributed by atoms with Gasteiger partial charge >= 0.3 is 6.18 Å². The Balaban J connectivity index is 2.48. The number of aromatic nitrogens is 2. The van der Waals surface area contributed by atoms with Crippen molar-refractivity contribution in [3.05, 3.63) is 40.0 Å². The molecule has 1 aromatic carbocycles. The predicted molar refractivity (Wildman–Crippen MR) is 61.5 cm³/mol. The first-order chi connectivity index (χ1) is 7.89. The lowest BCUT2D eigenvalue weighted by molar-refractivity contribution is -0.141. The predicted octanol–water partition coefficient (Wildman–Crippen LogP) is 4.17. The Morgan fingerprint density at radius 2 is 1.76 bits per heavy atom. The average Bonchev–Trinajstić information content (AvgIpc) is 2.61. The van der Waals surface area contributed by atoms with Crippen LogP contribution in [0.5, 0.6) is 0 Å². The van der Waals surface area contributed by atoms with E-state index in [0.29, 0.717) is 5.56 Å². The number of aryl methyl sites for hydroxylation is 1. The Hall–Kier alpha value is -1.30. The monoisotopic (exact) mass is 304 g/mol. The number of alkyl halides is 3. The molecule has 0 atom stereocenters. The van der Waals surface area contributed by atoms with Crippen LogP contribution in [0, 0.1) is 6.92 Å². The van der Waals surface area contributed by atoms with Crippen molar-refractivity contribution < 1.29 is 13.2 Å². The van der Waals surface area contributed by atoms with Crippen molar-refractivity contribution in [3.8, 4) is 11.3 Å². The molecule has 0 fully saturated rings. The van der Waals surface area contributed by atoms with Crippen molar-refractivity contribution >= 4 is 15.9 Å². The maximum atomic E-state index is 12.5. The summed E-state index contributed by atoms with van der Waals surface area (Å²) in [5.74, 6) is 0. The van der Waals surface area contributed by atoms with Gasteiger partial charge in [-0.3, -0.25) is 5.10 Å². The smallest absolute Gasteiger partial charge is 0.272 e. The molecule has 0 spiro atoms. The Labute approximate surface area is 104 Å². The number of aromatic amines is 1. The minimum Gasteiger partial charge on any atom is -0.272 e. The van der Waals surface area contributed by atoms with Gasteiger partial charge in [0.2, 0.25) is 0 Å². The molecule has 0 saturated carbocycles. The second-order valence-electron chi connectivity index (χ2n) is 3.62. The molecule has 2 aromatic rings. The van der Waals surface area contributed by atoms with Gasteiger partial charge < -0.3 is 0 Å². The lowest BCUT2D eigenvalue weighted by Gasteiger charge is -2.03. The third kappa shape index (κ3) is 2.36. The van der Waals surface area contributed by atoms with Crippen LogP contribution >= 0.6 is 15.9 Å². The van der Waals surface area contributed by atoms with Crippen LogP contribution in [-0.2, 0) is 6.18 Å². The van der Waals surface area contributed by atoms with E-state index in [1.54, 1.807) is 12.1 Å². The highest BCUT2D eigenvalue weighted by Crippen LogP contribution is 2.38. The lowest BCUT2D eigenvalue weighted by atomic mass is 10.1. The van der Waals surface area contributed by atoms with Gasteiger partial charge in [-0.1, -0.05) is 29.8 Å². The first-order valence-electron chi connectivity index (χ1n) is 4.77. The molecular weight excluding hydrogens is 297 g/mol. The molecule has 1 heterocycles. The van der Waals surface area contributed by atoms with Crippen LogP contribution in [0.2, 0.25) is 0 Å². The molecule has 0 saturated heterocycles. The first kappa shape index (κ1) is 12.2. The van der Waals surface area contributed by atoms with E-state index in [4.69, 9.17) is 0 Å². The Bertz CT molecular complexity index is 529. The molecule has 2 rings (SSSR count). The summed E-state index contributed by atoms with van der Waals surface area (Å²) in [5, 5.41) is 5.70. The van der Waals surface area contributed by atoms with Crippen LogP contribution in [-0.4, -0.2) is 10.2 Å². The number of halogens is 4. The van der Waals surface area contributed by atoms with Crippen molar-refractivity contribution in [1.82, 2.24) is 10.2 Å². The number of hydrogen-bond donors (Lipinski definition) is 1. The molecule has 17 heavy (non-hydrogen) atoms. The van der Waals surface area contributed by atoms with E-state index in [2.05, 4.69) is 21.0 Å². The second-order valence-corrected chi connectivity index (χ2v) is 4.42. The van der Waals surface area contributed by atoms with Crippen LogP contribution in [0.15, 0.2) is 28.7 Å². The Morgan fingerprint density at radius 1 is 1.18 bits per heavy atom. The minimum absolute atomic E-state index is 0.0612. The Kier molecular flexibility index (Phi) is 2.99. The number of nitrogens with zero attached hydrogens (tertiary/aromatic N) is 1. The van der Waals surface area contributed by atoms with Crippen molar-refractivity contribution in [3.63, 3.8) is 0 Å². The van der Waals surface area contributed by atoms with Gasteiger partial charge in [-0.15, -0.1) is 0 Å². The summed E-state index contributed by atoms with van der Waals surface area (Å²) in [6.07, 6.45) is -4.44. The van der Waals surface area contributed by atoms with Crippen LogP contribution in [0.1, 0.15) is 11.3 Å². The van der Waals surface area contributed by atoms with E-state index in [9.17, 15) is 13.2 Å². The second kappa shape index (κ2) is 4.18. The molecule has 2 nitrogen and oxygen atoms in total. The number of H-pyrrole nitrogens is 1. The van der Waals surface area contributed by atoms with E-state index in [1.165, 1.54) is 0 Å². The normalized spacial score (nSPS) is 11.8. The van der Waals surface area contributed by atoms with Gasteiger partial charge in [0.15, 0.2) is 5.69 Å². The van der Waals surface area contributed by atoms with Crippen molar-refractivity contribution in [2.24, 2.45) is 0 Å². The van der Waals surface area contributed by atoms with E-state index >= 15 is 0 Å². The zero-order valence-corrected chi connectivity index (χ0v) is 10.4. The summed E-state index contributed by atoms with van der Waals surface area (Å²) >= 11 is 2.93. The third-order valence-electron chi connectivity index (χ3n) is 2.32. The number of nitrogens with one attached hydrogen (secondary N) is 1. The molecular formula is C11H8BrF3N2. The van der Waals surface area contributed by atoms with Crippen molar-refractivity contribution in [2.75, 3.05) is 0 Å². The fourth-order valence-corrected chi connectivity index (χ4v) is 2.05. The van der Waals surface area contributed by atoms with E-state index in [1.807, 2.05) is 24.2 Å². The summed E-state index contributed by atoms with van der Waals surface area (Å²) in [5.41, 5.74) is 1.07. The lowest BCUT2D eigenvalue weighted by Crippen LogP contribution is -2.06. The number of benzene rings is 1. The van der Waals surface area contributed by atoms with Gasteiger partial charge in [0.05, 0.1) is 4.47 Å². The highest BCUT2D eigenvalue weighted by molar-refractivity contribution is 9.10. The summed E-state index contributed by atoms with van der Waals surface area (Å²) < 4.78 is 37.6. The zero-order valence-electron chi connectivity index (χ0n) is 8.77. The van der Waals surface area contributed by atoms with Crippen molar-refractivity contribution in [1.29, 1.82) is 0 Å². The molecule has 0 bridgehead atoms. The molecule has 0 aliphatic rings. The van der Waals surface area contributed by atoms with Crippen LogP contribution in [0.3, 0.4) is 0 Å². The first-order valence-corrected chi connectivity index (χ1v) is 5.57. The zero-order chi connectivity index (χ0) is 12.6. The molecule has 1 aromatic heterocycles. The highest BCUT2D eigenvalue weighted by Gasteiger charge is 2.36. The summed E-state index contributed by atoms with van der Waals surface area (Å²) in [6.45, 7) is 1.91. The maximum Gasteiger partial charge on any atom is 0.433 e. The standard InChI is InChI=1S/C11H8BrF3N2/c1-6-2-4-7(5-3-6)9-8(12)10(17-16-9)11(13,14)15/h2-5H,1H3,(H,16,17). The van der Waals surface area contributed by atoms with Gasteiger partial charge in [0.25, 0.3) is 0 Å². The van der Waals surface area contributed by atoms with Crippen LogP contribution in [0.4, 0.5) is 13.2 Å². The molecule has 0 amide bonds. The molecule has 0 aliphatic carbocycles.